The van der Waals surface area contributed by atoms with Gasteiger partial charge in [0.1, 0.15) is 0 Å². The van der Waals surface area contributed by atoms with E-state index >= 15 is 0 Å². The lowest BCUT2D eigenvalue weighted by atomic mass is 10.0. The molecular weight excluding hydrogens is 267 g/mol. The second kappa shape index (κ2) is 8.27. The smallest absolute Gasteiger partial charge is 0.379 e. The van der Waals surface area contributed by atoms with Crippen LogP contribution in [-0.2, 0) is 11.2 Å². The number of hydrogen-bond acceptors (Lipinski definition) is 2. The summed E-state index contributed by atoms with van der Waals surface area (Å²) in [5.41, 5.74) is 2.29. The quantitative estimate of drug-likeness (QED) is 0.734. The highest BCUT2D eigenvalue weighted by Crippen LogP contribution is 2.20. The molecular formula is C15H22F3NO. The van der Waals surface area contributed by atoms with E-state index in [0.717, 1.165) is 18.4 Å². The Bertz CT molecular complexity index is 376. The maximum atomic E-state index is 12.0. The molecule has 0 fully saturated rings. The first kappa shape index (κ1) is 17.0. The van der Waals surface area contributed by atoms with Gasteiger partial charge in [0.15, 0.2) is 0 Å². The predicted molar refractivity (Wildman–Crippen MR) is 73.7 cm³/mol. The molecule has 0 aliphatic rings. The van der Waals surface area contributed by atoms with Gasteiger partial charge in [-0.2, -0.15) is 13.2 Å². The van der Waals surface area contributed by atoms with Crippen molar-refractivity contribution in [1.29, 1.82) is 0 Å². The Morgan fingerprint density at radius 1 is 1.20 bits per heavy atom. The number of benzene rings is 1. The van der Waals surface area contributed by atoms with Crippen LogP contribution in [0.2, 0.25) is 0 Å². The van der Waals surface area contributed by atoms with Crippen LogP contribution in [0.3, 0.4) is 0 Å². The SMILES string of the molecule is CCCc1ccc(C(COCCC(F)(F)F)NC)cc1. The highest BCUT2D eigenvalue weighted by molar-refractivity contribution is 5.25. The second-order valence-electron chi connectivity index (χ2n) is 4.77. The zero-order valence-electron chi connectivity index (χ0n) is 12.0. The van der Waals surface area contributed by atoms with Crippen LogP contribution in [-0.4, -0.2) is 26.4 Å². The number of ether oxygens (including phenoxy) is 1. The molecule has 0 amide bonds. The average molecular weight is 289 g/mol. The Balaban J connectivity index is 2.45. The summed E-state index contributed by atoms with van der Waals surface area (Å²) in [6.07, 6.45) is -2.93. The molecule has 114 valence electrons. The van der Waals surface area contributed by atoms with Crippen LogP contribution in [0.25, 0.3) is 0 Å². The monoisotopic (exact) mass is 289 g/mol. The lowest BCUT2D eigenvalue weighted by Gasteiger charge is -2.17. The molecule has 1 rings (SSSR count). The molecule has 5 heteroatoms. The van der Waals surface area contributed by atoms with Crippen LogP contribution in [0.15, 0.2) is 24.3 Å². The molecule has 1 atom stereocenters. The van der Waals surface area contributed by atoms with Gasteiger partial charge in [-0.1, -0.05) is 37.6 Å². The molecule has 0 aliphatic carbocycles. The zero-order valence-corrected chi connectivity index (χ0v) is 12.0. The third-order valence-electron chi connectivity index (χ3n) is 3.08. The molecule has 0 bridgehead atoms. The number of rotatable bonds is 8. The van der Waals surface area contributed by atoms with Crippen molar-refractivity contribution < 1.29 is 17.9 Å². The van der Waals surface area contributed by atoms with Crippen LogP contribution in [0.1, 0.15) is 36.9 Å². The summed E-state index contributed by atoms with van der Waals surface area (Å²) >= 11 is 0. The van der Waals surface area contributed by atoms with E-state index in [4.69, 9.17) is 4.74 Å². The fourth-order valence-corrected chi connectivity index (χ4v) is 1.94. The zero-order chi connectivity index (χ0) is 15.0. The van der Waals surface area contributed by atoms with Gasteiger partial charge in [0.05, 0.1) is 25.7 Å². The molecule has 0 saturated heterocycles. The topological polar surface area (TPSA) is 21.3 Å². The normalized spacial score (nSPS) is 13.4. The third kappa shape index (κ3) is 6.39. The van der Waals surface area contributed by atoms with Crippen molar-refractivity contribution in [3.8, 4) is 0 Å². The van der Waals surface area contributed by atoms with Crippen LogP contribution >= 0.6 is 0 Å². The molecule has 0 heterocycles. The number of likely N-dealkylation sites (N-methyl/N-ethyl adjacent to an activating group) is 1. The number of aryl methyl sites for hydroxylation is 1. The minimum atomic E-state index is -4.16. The lowest BCUT2D eigenvalue weighted by molar-refractivity contribution is -0.145. The molecule has 1 aromatic carbocycles. The summed E-state index contributed by atoms with van der Waals surface area (Å²) in [7, 11) is 1.78. The summed E-state index contributed by atoms with van der Waals surface area (Å²) in [5.74, 6) is 0. The van der Waals surface area contributed by atoms with E-state index in [1.807, 2.05) is 12.1 Å². The average Bonchev–Trinajstić information content (AvgIpc) is 2.39. The first-order chi connectivity index (χ1) is 9.46. The highest BCUT2D eigenvalue weighted by Gasteiger charge is 2.26. The Morgan fingerprint density at radius 2 is 1.85 bits per heavy atom. The van der Waals surface area contributed by atoms with Gasteiger partial charge >= 0.3 is 6.18 Å². The minimum Gasteiger partial charge on any atom is -0.379 e. The van der Waals surface area contributed by atoms with E-state index in [2.05, 4.69) is 24.4 Å². The van der Waals surface area contributed by atoms with E-state index in [1.165, 1.54) is 5.56 Å². The number of halogens is 3. The fourth-order valence-electron chi connectivity index (χ4n) is 1.94. The molecule has 0 radical (unpaired) electrons. The second-order valence-corrected chi connectivity index (χ2v) is 4.77. The summed E-state index contributed by atoms with van der Waals surface area (Å²) in [5, 5.41) is 3.06. The van der Waals surface area contributed by atoms with Gasteiger partial charge < -0.3 is 10.1 Å². The molecule has 1 unspecified atom stereocenters. The summed E-state index contributed by atoms with van der Waals surface area (Å²) < 4.78 is 41.1. The van der Waals surface area contributed by atoms with Gasteiger partial charge in [-0.15, -0.1) is 0 Å². The Morgan fingerprint density at radius 3 is 2.35 bits per heavy atom. The maximum Gasteiger partial charge on any atom is 0.391 e. The standard InChI is InChI=1S/C15H22F3NO/c1-3-4-12-5-7-13(8-6-12)14(19-2)11-20-10-9-15(16,17)18/h5-8,14,19H,3-4,9-11H2,1-2H3. The lowest BCUT2D eigenvalue weighted by Crippen LogP contribution is -2.23. The first-order valence-corrected chi connectivity index (χ1v) is 6.87. The van der Waals surface area contributed by atoms with E-state index in [9.17, 15) is 13.2 Å². The van der Waals surface area contributed by atoms with E-state index in [-0.39, 0.29) is 19.3 Å². The van der Waals surface area contributed by atoms with Crippen molar-refractivity contribution in [2.45, 2.75) is 38.4 Å². The Labute approximate surface area is 118 Å². The number of nitrogens with one attached hydrogen (secondary N) is 1. The van der Waals surface area contributed by atoms with Crippen LogP contribution in [0.4, 0.5) is 13.2 Å². The van der Waals surface area contributed by atoms with Crippen molar-refractivity contribution in [3.05, 3.63) is 35.4 Å². The molecule has 0 aromatic heterocycles. The number of hydrogen-bond donors (Lipinski definition) is 1. The number of alkyl halides is 3. The van der Waals surface area contributed by atoms with E-state index < -0.39 is 12.6 Å². The molecule has 0 aliphatic heterocycles. The van der Waals surface area contributed by atoms with Crippen molar-refractivity contribution in [2.24, 2.45) is 0 Å². The Hall–Kier alpha value is -1.07. The molecule has 1 aromatic rings. The minimum absolute atomic E-state index is 0.0843. The molecule has 1 N–H and O–H groups in total. The maximum absolute atomic E-state index is 12.0. The van der Waals surface area contributed by atoms with Crippen LogP contribution < -0.4 is 5.32 Å². The molecule has 0 spiro atoms. The van der Waals surface area contributed by atoms with Gasteiger partial charge in [-0.25, -0.2) is 0 Å². The fraction of sp³-hybridized carbons (Fsp3) is 0.600. The highest BCUT2D eigenvalue weighted by atomic mass is 19.4. The van der Waals surface area contributed by atoms with Gasteiger partial charge in [-0.3, -0.25) is 0 Å². The largest absolute Gasteiger partial charge is 0.391 e. The van der Waals surface area contributed by atoms with E-state index in [0.29, 0.717) is 0 Å². The molecule has 0 saturated carbocycles. The third-order valence-corrected chi connectivity index (χ3v) is 3.08. The van der Waals surface area contributed by atoms with Gasteiger partial charge in [0.25, 0.3) is 0 Å². The summed E-state index contributed by atoms with van der Waals surface area (Å²) in [4.78, 5) is 0. The van der Waals surface area contributed by atoms with Gasteiger partial charge in [0, 0.05) is 0 Å². The summed E-state index contributed by atoms with van der Waals surface area (Å²) in [6, 6.07) is 8.02. The van der Waals surface area contributed by atoms with Crippen molar-refractivity contribution >= 4 is 0 Å². The van der Waals surface area contributed by atoms with Crippen molar-refractivity contribution in [3.63, 3.8) is 0 Å². The first-order valence-electron chi connectivity index (χ1n) is 6.87. The van der Waals surface area contributed by atoms with E-state index in [1.54, 1.807) is 7.05 Å². The van der Waals surface area contributed by atoms with Crippen LogP contribution in [0.5, 0.6) is 0 Å². The molecule has 2 nitrogen and oxygen atoms in total. The van der Waals surface area contributed by atoms with Gasteiger partial charge in [0.2, 0.25) is 0 Å². The predicted octanol–water partition coefficient (Wildman–Crippen LogP) is 3.87. The van der Waals surface area contributed by atoms with Crippen LogP contribution in [0, 0.1) is 0 Å². The van der Waals surface area contributed by atoms with Crippen molar-refractivity contribution in [1.82, 2.24) is 5.32 Å². The molecule has 20 heavy (non-hydrogen) atoms. The Kier molecular flexibility index (Phi) is 7.02. The van der Waals surface area contributed by atoms with Crippen molar-refractivity contribution in [2.75, 3.05) is 20.3 Å². The summed E-state index contributed by atoms with van der Waals surface area (Å²) in [6.45, 7) is 2.06. The van der Waals surface area contributed by atoms with Gasteiger partial charge in [-0.05, 0) is 24.6 Å².